The number of rotatable bonds is 10. The number of fused-ring (bicyclic) bond motifs is 4. The minimum atomic E-state index is -3.10. The number of carbonyl (C=O) groups excluding carboxylic acids is 7. The molecule has 8 saturated heterocycles. The van der Waals surface area contributed by atoms with Crippen LogP contribution in [0.2, 0.25) is 0 Å². The average molecular weight is 1310 g/mol. The second kappa shape index (κ2) is 28.0. The summed E-state index contributed by atoms with van der Waals surface area (Å²) in [5.41, 5.74) is 1.19. The molecule has 9 aliphatic rings. The summed E-state index contributed by atoms with van der Waals surface area (Å²) >= 11 is 5.53. The number of alkyl halides is 3. The summed E-state index contributed by atoms with van der Waals surface area (Å²) in [5.74, 6) is -6.02. The largest absolute Gasteiger partial charge is 0.299 e. The van der Waals surface area contributed by atoms with Gasteiger partial charge in [0.1, 0.15) is 57.4 Å². The number of carbonyl (C=O) groups is 7. The van der Waals surface area contributed by atoms with Crippen molar-refractivity contribution in [2.75, 3.05) is 58.2 Å². The highest BCUT2D eigenvalue weighted by atomic mass is 35.5. The highest BCUT2D eigenvalue weighted by Crippen LogP contribution is 2.49. The fraction of sp³-hybridized carbons (Fsp3) is 0.441. The molecule has 0 N–H and O–H groups in total. The van der Waals surface area contributed by atoms with E-state index in [4.69, 9.17) is 11.6 Å². The molecule has 14 rings (SSSR count). The Labute approximate surface area is 540 Å². The van der Waals surface area contributed by atoms with Crippen LogP contribution in [0.15, 0.2) is 126 Å². The van der Waals surface area contributed by atoms with Gasteiger partial charge >= 0.3 is 0 Å². The predicted molar refractivity (Wildman–Crippen MR) is 329 cm³/mol. The van der Waals surface area contributed by atoms with E-state index < -0.39 is 28.6 Å². The number of benzene rings is 5. The summed E-state index contributed by atoms with van der Waals surface area (Å²) in [4.78, 5) is 84.1. The van der Waals surface area contributed by atoms with Crippen molar-refractivity contribution in [1.82, 2.24) is 45.1 Å². The molecular formula is C68H74ClF7N10O7. The second-order valence-electron chi connectivity index (χ2n) is 25.1. The van der Waals surface area contributed by atoms with Crippen molar-refractivity contribution in [3.05, 3.63) is 178 Å². The van der Waals surface area contributed by atoms with Crippen LogP contribution in [0, 0.1) is 45.8 Å². The first-order chi connectivity index (χ1) is 44.2. The Hall–Kier alpha value is -7.90. The topological polar surface area (TPSA) is 161 Å². The molecule has 9 heterocycles. The van der Waals surface area contributed by atoms with Gasteiger partial charge in [-0.1, -0.05) is 60.7 Å². The van der Waals surface area contributed by atoms with Crippen molar-refractivity contribution in [2.24, 2.45) is 21.8 Å². The molecule has 8 atom stereocenters. The van der Waals surface area contributed by atoms with Gasteiger partial charge in [0.2, 0.25) is 17.7 Å². The Bertz CT molecular complexity index is 3700. The first-order valence-electron chi connectivity index (χ1n) is 31.1. The first kappa shape index (κ1) is 68.0. The molecule has 0 aliphatic carbocycles. The number of hydrogen-bond acceptors (Lipinski definition) is 12. The summed E-state index contributed by atoms with van der Waals surface area (Å²) in [6.07, 6.45) is 6.18. The Morgan fingerprint density at radius 3 is 1.39 bits per heavy atom. The summed E-state index contributed by atoms with van der Waals surface area (Å²) < 4.78 is 94.0. The lowest BCUT2D eigenvalue weighted by molar-refractivity contribution is -0.157. The van der Waals surface area contributed by atoms with Crippen LogP contribution in [-0.4, -0.2) is 157 Å². The molecule has 93 heavy (non-hydrogen) atoms. The van der Waals surface area contributed by atoms with Crippen LogP contribution in [0.4, 0.5) is 30.7 Å². The molecule has 0 bridgehead atoms. The number of halogens is 8. The van der Waals surface area contributed by atoms with Gasteiger partial charge in [-0.15, -0.1) is 11.6 Å². The summed E-state index contributed by atoms with van der Waals surface area (Å²) in [6, 6.07) is 30.6. The van der Waals surface area contributed by atoms with E-state index in [1.807, 2.05) is 28.2 Å². The fourth-order valence-electron chi connectivity index (χ4n) is 13.6. The fourth-order valence-corrected chi connectivity index (χ4v) is 13.8. The third-order valence-corrected chi connectivity index (χ3v) is 19.1. The van der Waals surface area contributed by atoms with Crippen molar-refractivity contribution in [1.29, 1.82) is 0 Å². The molecule has 494 valence electrons. The molecule has 0 spiro atoms. The number of amides is 5. The smallest absolute Gasteiger partial charge is 0.260 e. The zero-order valence-electron chi connectivity index (χ0n) is 52.3. The van der Waals surface area contributed by atoms with Crippen molar-refractivity contribution >= 4 is 58.9 Å². The quantitative estimate of drug-likeness (QED) is 0.0743. The molecule has 5 amide bonds. The van der Waals surface area contributed by atoms with Gasteiger partial charge < -0.3 is 0 Å². The van der Waals surface area contributed by atoms with E-state index in [1.54, 1.807) is 75.6 Å². The van der Waals surface area contributed by atoms with Crippen LogP contribution in [0.1, 0.15) is 138 Å². The Morgan fingerprint density at radius 2 is 0.957 bits per heavy atom. The SMILES string of the molecule is CC(=O)C1(C)CN2CCC(c3cccc(F)c3)N2C1=O.CC(=O)C1CN2CCC(c3cccc(F)c3)N2C1=O.CC(F)(F)C1(C)CN2CCC(c3cccc(F)c3)N2C1=O.O=C(CCCl)N1N=CCC1c1cccc(F)c1.O=C1CCN2CCC(c3cccc(F)c3)N12. The molecule has 8 unspecified atom stereocenters. The van der Waals surface area contributed by atoms with Gasteiger partial charge in [-0.05, 0) is 142 Å². The molecular weight excluding hydrogens is 1240 g/mol. The van der Waals surface area contributed by atoms with Crippen LogP contribution in [0.25, 0.3) is 0 Å². The summed E-state index contributed by atoms with van der Waals surface area (Å²) in [7, 11) is 0. The normalized spacial score (nSPS) is 26.4. The lowest BCUT2D eigenvalue weighted by Gasteiger charge is -2.30. The Balaban J connectivity index is 0.000000128. The van der Waals surface area contributed by atoms with E-state index in [0.717, 1.165) is 74.6 Å². The minimum absolute atomic E-state index is 0.00114. The minimum Gasteiger partial charge on any atom is -0.299 e. The van der Waals surface area contributed by atoms with Gasteiger partial charge in [0, 0.05) is 90.6 Å². The number of Topliss-reactive ketones (excluding diaryl/α,β-unsaturated/α-hetero) is 2. The third-order valence-electron chi connectivity index (χ3n) is 19.0. The monoisotopic (exact) mass is 1310 g/mol. The standard InChI is InChI=1S/C15H17F3N2O.C15H17FN2O2.C14H15FN2O2.C12H12ClFN2O.C12H13FN2O/c1-14(15(2,17)18)9-19-7-6-12(20(19)13(14)21)10-4-3-5-11(16)8-10;1-10(19)15(2)9-17-7-6-13(18(17)14(15)20)11-4-3-5-12(16)8-11;1-9(18)12-8-16-6-5-13(17(16)14(12)19)10-3-2-4-11(15)7-10;13-6-4-12(17)16-11(5-7-15-16)9-2-1-3-10(14)8-9;13-10-3-1-2-9(8-10)11-4-6-14-7-5-12(16)15(11)14/h3-5,8,12H,6-7,9H2,1-2H3;3-5,8,13H,6-7,9H2,1-2H3;2-4,7,12-13H,5-6,8H2,1H3;1-3,7-8,11H,4-6H2;1-3,8,11H,4-7H2. The maximum atomic E-state index is 13.8. The van der Waals surface area contributed by atoms with Crippen molar-refractivity contribution in [3.8, 4) is 0 Å². The maximum Gasteiger partial charge on any atom is 0.260 e. The zero-order chi connectivity index (χ0) is 66.8. The van der Waals surface area contributed by atoms with Crippen LogP contribution < -0.4 is 0 Å². The lowest BCUT2D eigenvalue weighted by Crippen LogP contribution is -2.45. The van der Waals surface area contributed by atoms with Crippen LogP contribution in [0.3, 0.4) is 0 Å². The molecule has 5 aromatic carbocycles. The van der Waals surface area contributed by atoms with Crippen molar-refractivity contribution in [3.63, 3.8) is 0 Å². The number of hydrazone groups is 1. The highest BCUT2D eigenvalue weighted by molar-refractivity contribution is 6.19. The lowest BCUT2D eigenvalue weighted by atomic mass is 9.83. The van der Waals surface area contributed by atoms with Crippen molar-refractivity contribution < 1.29 is 64.3 Å². The second-order valence-corrected chi connectivity index (χ2v) is 25.5. The Morgan fingerprint density at radius 1 is 0.548 bits per heavy atom. The molecule has 0 aromatic heterocycles. The third kappa shape index (κ3) is 14.0. The van der Waals surface area contributed by atoms with Crippen LogP contribution >= 0.6 is 11.6 Å². The number of hydrazine groups is 4. The van der Waals surface area contributed by atoms with E-state index in [9.17, 15) is 64.3 Å². The molecule has 0 saturated carbocycles. The van der Waals surface area contributed by atoms with E-state index in [0.29, 0.717) is 44.5 Å². The molecule has 25 heteroatoms. The number of hydrogen-bond donors (Lipinski definition) is 0. The molecule has 9 aliphatic heterocycles. The van der Waals surface area contributed by atoms with Crippen molar-refractivity contribution in [2.45, 2.75) is 116 Å². The van der Waals surface area contributed by atoms with E-state index in [1.165, 1.54) is 91.5 Å². The Kier molecular flexibility index (Phi) is 20.4. The van der Waals surface area contributed by atoms with Gasteiger partial charge in [-0.3, -0.25) is 53.6 Å². The molecule has 0 radical (unpaired) electrons. The van der Waals surface area contributed by atoms with E-state index >= 15 is 0 Å². The van der Waals surface area contributed by atoms with Crippen LogP contribution in [0.5, 0.6) is 0 Å². The molecule has 8 fully saturated rings. The van der Waals surface area contributed by atoms with Gasteiger partial charge in [-0.2, -0.15) is 5.10 Å². The molecule has 5 aromatic rings. The number of nitrogens with zero attached hydrogens (tertiary/aromatic N) is 10. The van der Waals surface area contributed by atoms with Gasteiger partial charge in [-0.25, -0.2) is 55.8 Å². The maximum absolute atomic E-state index is 13.8. The average Bonchev–Trinajstić information content (AvgIpc) is 1.60. The predicted octanol–water partition coefficient (Wildman–Crippen LogP) is 10.9. The number of ketones is 2. The first-order valence-corrected chi connectivity index (χ1v) is 31.7. The van der Waals surface area contributed by atoms with Gasteiger partial charge in [0.15, 0.2) is 0 Å². The van der Waals surface area contributed by atoms with E-state index in [-0.39, 0.29) is 113 Å². The summed E-state index contributed by atoms with van der Waals surface area (Å²) in [6.45, 7) is 11.2. The zero-order valence-corrected chi connectivity index (χ0v) is 53.0. The summed E-state index contributed by atoms with van der Waals surface area (Å²) in [5, 5.41) is 19.4. The van der Waals surface area contributed by atoms with E-state index in [2.05, 4.69) is 10.1 Å². The van der Waals surface area contributed by atoms with Gasteiger partial charge in [0.05, 0.1) is 30.2 Å². The highest BCUT2D eigenvalue weighted by Gasteiger charge is 2.63. The van der Waals surface area contributed by atoms with Crippen LogP contribution in [-0.2, 0) is 33.6 Å². The molecule has 17 nitrogen and oxygen atoms in total. The van der Waals surface area contributed by atoms with Gasteiger partial charge in [0.25, 0.3) is 17.7 Å².